The summed E-state index contributed by atoms with van der Waals surface area (Å²) in [5, 5.41) is 10.1. The van der Waals surface area contributed by atoms with Crippen molar-refractivity contribution in [1.29, 1.82) is 0 Å². The van der Waals surface area contributed by atoms with Crippen molar-refractivity contribution in [2.75, 3.05) is 5.75 Å². The van der Waals surface area contributed by atoms with Crippen molar-refractivity contribution in [2.24, 2.45) is 0 Å². The van der Waals surface area contributed by atoms with Crippen LogP contribution < -0.4 is 0 Å². The fourth-order valence-electron chi connectivity index (χ4n) is 1.61. The zero-order chi connectivity index (χ0) is 9.03. The van der Waals surface area contributed by atoms with Crippen LogP contribution in [0.25, 0.3) is 0 Å². The molecule has 0 heterocycles. The van der Waals surface area contributed by atoms with Gasteiger partial charge in [0, 0.05) is 0 Å². The van der Waals surface area contributed by atoms with E-state index in [1.54, 1.807) is 11.8 Å². The van der Waals surface area contributed by atoms with Crippen molar-refractivity contribution in [1.82, 2.24) is 0 Å². The highest BCUT2D eigenvalue weighted by Crippen LogP contribution is 2.33. The van der Waals surface area contributed by atoms with Crippen LogP contribution in [0.5, 0.6) is 0 Å². The highest BCUT2D eigenvalue weighted by Gasteiger charge is 2.33. The van der Waals surface area contributed by atoms with E-state index in [1.807, 2.05) is 0 Å². The Labute approximate surface area is 83.9 Å². The van der Waals surface area contributed by atoms with E-state index in [0.717, 1.165) is 35.6 Å². The van der Waals surface area contributed by atoms with Crippen molar-refractivity contribution in [2.45, 2.75) is 44.6 Å². The van der Waals surface area contributed by atoms with E-state index in [2.05, 4.69) is 6.92 Å². The number of rotatable bonds is 2. The van der Waals surface area contributed by atoms with Gasteiger partial charge in [-0.25, -0.2) is 0 Å². The third-order valence-electron chi connectivity index (χ3n) is 2.34. The van der Waals surface area contributed by atoms with Gasteiger partial charge < -0.3 is 5.11 Å². The Hall–Kier alpha value is 0.400. The molecular weight excluding hydrogens is 188 g/mol. The fraction of sp³-hybridized carbons (Fsp3) is 0.889. The first-order valence-corrected chi connectivity index (χ1v) is 5.98. The maximum absolute atomic E-state index is 10.1. The van der Waals surface area contributed by atoms with Gasteiger partial charge in [-0.15, -0.1) is 11.8 Å². The Morgan fingerprint density at radius 3 is 2.50 bits per heavy atom. The average Bonchev–Trinajstić information content (AvgIpc) is 2.06. The molecule has 3 heteroatoms. The molecule has 1 aliphatic rings. The van der Waals surface area contributed by atoms with Crippen molar-refractivity contribution in [3.8, 4) is 0 Å². The fourth-order valence-corrected chi connectivity index (χ4v) is 2.90. The third kappa shape index (κ3) is 2.44. The Bertz CT molecular complexity index is 162. The molecule has 0 spiro atoms. The topological polar surface area (TPSA) is 20.2 Å². The van der Waals surface area contributed by atoms with E-state index in [0.29, 0.717) is 0 Å². The summed E-state index contributed by atoms with van der Waals surface area (Å²) in [4.78, 5) is 0. The molecule has 1 N–H and O–H groups in total. The van der Waals surface area contributed by atoms with Crippen LogP contribution >= 0.6 is 24.0 Å². The predicted molar refractivity (Wildman–Crippen MR) is 58.8 cm³/mol. The molecule has 0 aliphatic heterocycles. The second kappa shape index (κ2) is 4.58. The van der Waals surface area contributed by atoms with Crippen LogP contribution in [0.3, 0.4) is 0 Å². The molecular formula is C9H16OS2. The molecule has 0 aromatic carbocycles. The predicted octanol–water partition coefficient (Wildman–Crippen LogP) is 2.76. The number of thiocarbonyl (C=S) groups is 1. The Morgan fingerprint density at radius 2 is 2.00 bits per heavy atom. The number of hydrogen-bond donors (Lipinski definition) is 1. The molecule has 0 aromatic heterocycles. The summed E-state index contributed by atoms with van der Waals surface area (Å²) in [6, 6.07) is 0. The minimum atomic E-state index is -0.617. The quantitative estimate of drug-likeness (QED) is 0.698. The molecule has 0 bridgehead atoms. The summed E-state index contributed by atoms with van der Waals surface area (Å²) in [5.41, 5.74) is -0.617. The molecule has 1 fully saturated rings. The van der Waals surface area contributed by atoms with E-state index < -0.39 is 5.60 Å². The zero-order valence-corrected chi connectivity index (χ0v) is 9.14. The van der Waals surface area contributed by atoms with E-state index >= 15 is 0 Å². The number of thioether (sulfide) groups is 1. The van der Waals surface area contributed by atoms with Gasteiger partial charge in [0.2, 0.25) is 0 Å². The summed E-state index contributed by atoms with van der Waals surface area (Å²) in [6.07, 6.45) is 5.25. The smallest absolute Gasteiger partial charge is 0.106 e. The molecule has 1 aliphatic carbocycles. The zero-order valence-electron chi connectivity index (χ0n) is 7.51. The van der Waals surface area contributed by atoms with E-state index in [1.165, 1.54) is 6.42 Å². The van der Waals surface area contributed by atoms with Gasteiger partial charge >= 0.3 is 0 Å². The summed E-state index contributed by atoms with van der Waals surface area (Å²) < 4.78 is 0.810. The van der Waals surface area contributed by atoms with Crippen LogP contribution in [-0.4, -0.2) is 20.7 Å². The molecule has 12 heavy (non-hydrogen) atoms. The SMILES string of the molecule is CCSC(=S)C1(O)CCCCC1. The minimum absolute atomic E-state index is 0.617. The second-order valence-corrected chi connectivity index (χ2v) is 5.25. The molecule has 1 rings (SSSR count). The first-order chi connectivity index (χ1) is 5.69. The van der Waals surface area contributed by atoms with Crippen molar-refractivity contribution >= 4 is 28.2 Å². The van der Waals surface area contributed by atoms with Gasteiger partial charge in [0.05, 0.1) is 4.20 Å². The number of hydrogen-bond acceptors (Lipinski definition) is 3. The molecule has 0 atom stereocenters. The lowest BCUT2D eigenvalue weighted by atomic mass is 9.86. The van der Waals surface area contributed by atoms with Crippen molar-refractivity contribution in [3.63, 3.8) is 0 Å². The monoisotopic (exact) mass is 204 g/mol. The Kier molecular flexibility index (Phi) is 4.00. The van der Waals surface area contributed by atoms with Crippen LogP contribution in [0.15, 0.2) is 0 Å². The van der Waals surface area contributed by atoms with E-state index in [4.69, 9.17) is 12.2 Å². The lowest BCUT2D eigenvalue weighted by Crippen LogP contribution is -2.37. The number of aliphatic hydroxyl groups is 1. The normalized spacial score (nSPS) is 22.2. The molecule has 0 radical (unpaired) electrons. The molecule has 0 unspecified atom stereocenters. The van der Waals surface area contributed by atoms with Gasteiger partial charge in [-0.05, 0) is 18.6 Å². The van der Waals surface area contributed by atoms with Crippen LogP contribution in [0.1, 0.15) is 39.0 Å². The standard InChI is InChI=1S/C9H16OS2/c1-2-12-8(11)9(10)6-4-3-5-7-9/h10H,2-7H2,1H3. The lowest BCUT2D eigenvalue weighted by molar-refractivity contribution is 0.0763. The van der Waals surface area contributed by atoms with Gasteiger partial charge in [0.1, 0.15) is 5.60 Å². The summed E-state index contributed by atoms with van der Waals surface area (Å²) in [6.45, 7) is 2.07. The van der Waals surface area contributed by atoms with Gasteiger partial charge in [-0.1, -0.05) is 38.4 Å². The summed E-state index contributed by atoms with van der Waals surface area (Å²) in [7, 11) is 0. The van der Waals surface area contributed by atoms with Crippen LogP contribution in [0.2, 0.25) is 0 Å². The highest BCUT2D eigenvalue weighted by atomic mass is 32.2. The van der Waals surface area contributed by atoms with Gasteiger partial charge in [0.25, 0.3) is 0 Å². The second-order valence-electron chi connectivity index (χ2n) is 3.31. The van der Waals surface area contributed by atoms with Crippen molar-refractivity contribution < 1.29 is 5.11 Å². The first-order valence-electron chi connectivity index (χ1n) is 4.58. The maximum atomic E-state index is 10.1. The van der Waals surface area contributed by atoms with Gasteiger partial charge in [0.15, 0.2) is 0 Å². The average molecular weight is 204 g/mol. The van der Waals surface area contributed by atoms with Gasteiger partial charge in [-0.2, -0.15) is 0 Å². The highest BCUT2D eigenvalue weighted by molar-refractivity contribution is 8.23. The van der Waals surface area contributed by atoms with Gasteiger partial charge in [-0.3, -0.25) is 0 Å². The lowest BCUT2D eigenvalue weighted by Gasteiger charge is -2.32. The van der Waals surface area contributed by atoms with Crippen LogP contribution in [0.4, 0.5) is 0 Å². The van der Waals surface area contributed by atoms with E-state index in [-0.39, 0.29) is 0 Å². The molecule has 70 valence electrons. The Balaban J connectivity index is 2.50. The maximum Gasteiger partial charge on any atom is 0.106 e. The largest absolute Gasteiger partial charge is 0.384 e. The van der Waals surface area contributed by atoms with E-state index in [9.17, 15) is 5.11 Å². The molecule has 1 saturated carbocycles. The Morgan fingerprint density at radius 1 is 1.42 bits per heavy atom. The van der Waals surface area contributed by atoms with Crippen LogP contribution in [0, 0.1) is 0 Å². The molecule has 0 saturated heterocycles. The third-order valence-corrected chi connectivity index (χ3v) is 4.00. The first kappa shape index (κ1) is 10.5. The molecule has 0 aromatic rings. The molecule has 0 amide bonds. The minimum Gasteiger partial charge on any atom is -0.384 e. The van der Waals surface area contributed by atoms with Crippen LogP contribution in [-0.2, 0) is 0 Å². The van der Waals surface area contributed by atoms with Crippen molar-refractivity contribution in [3.05, 3.63) is 0 Å². The summed E-state index contributed by atoms with van der Waals surface area (Å²) in [5.74, 6) is 0.973. The molecule has 1 nitrogen and oxygen atoms in total. The summed E-state index contributed by atoms with van der Waals surface area (Å²) >= 11 is 6.82.